The standard InChI is InChI=1S/C27H26N2O2/c1-4-21(19-13-7-5-8-14-19)29-27(30)24-23-18(2)12-11-17-22(23)28-25(26(24)31-3)20-15-9-6-10-16-20/h5-17,21H,4H2,1-3H3,(H,29,30). The SMILES string of the molecule is CCC(NC(=O)c1c(OC)c(-c2ccccc2)nc2cccc(C)c12)c1ccccc1. The van der Waals surface area contributed by atoms with Crippen LogP contribution in [0.4, 0.5) is 0 Å². The number of carbonyl (C=O) groups excluding carboxylic acids is 1. The van der Waals surface area contributed by atoms with Gasteiger partial charge in [-0.1, -0.05) is 79.7 Å². The van der Waals surface area contributed by atoms with Gasteiger partial charge in [0.05, 0.1) is 24.2 Å². The van der Waals surface area contributed by atoms with Gasteiger partial charge in [0.2, 0.25) is 0 Å². The average Bonchev–Trinajstić information content (AvgIpc) is 2.82. The molecule has 1 N–H and O–H groups in total. The molecule has 4 aromatic rings. The van der Waals surface area contributed by atoms with Crippen molar-refractivity contribution >= 4 is 16.8 Å². The van der Waals surface area contributed by atoms with Crippen LogP contribution in [0.2, 0.25) is 0 Å². The number of fused-ring (bicyclic) bond motifs is 1. The Balaban J connectivity index is 1.90. The van der Waals surface area contributed by atoms with E-state index in [4.69, 9.17) is 9.72 Å². The maximum Gasteiger partial charge on any atom is 0.256 e. The van der Waals surface area contributed by atoms with Crippen molar-refractivity contribution in [3.05, 3.63) is 95.6 Å². The molecule has 1 aromatic heterocycles. The van der Waals surface area contributed by atoms with E-state index in [9.17, 15) is 4.79 Å². The lowest BCUT2D eigenvalue weighted by Gasteiger charge is -2.21. The van der Waals surface area contributed by atoms with E-state index in [2.05, 4.69) is 12.2 Å². The molecular weight excluding hydrogens is 384 g/mol. The molecule has 1 amide bonds. The molecule has 1 unspecified atom stereocenters. The number of nitrogens with zero attached hydrogens (tertiary/aromatic N) is 1. The number of benzene rings is 3. The van der Waals surface area contributed by atoms with Crippen molar-refractivity contribution in [2.75, 3.05) is 7.11 Å². The maximum atomic E-state index is 13.7. The minimum absolute atomic E-state index is 0.0918. The van der Waals surface area contributed by atoms with Crippen molar-refractivity contribution in [1.82, 2.24) is 10.3 Å². The van der Waals surface area contributed by atoms with Gasteiger partial charge in [-0.3, -0.25) is 4.79 Å². The Hall–Kier alpha value is -3.66. The quantitative estimate of drug-likeness (QED) is 0.418. The van der Waals surface area contributed by atoms with Gasteiger partial charge >= 0.3 is 0 Å². The zero-order chi connectivity index (χ0) is 21.8. The highest BCUT2D eigenvalue weighted by Gasteiger charge is 2.25. The van der Waals surface area contributed by atoms with Gasteiger partial charge in [0.1, 0.15) is 5.69 Å². The van der Waals surface area contributed by atoms with Gasteiger partial charge in [-0.05, 0) is 30.5 Å². The second-order valence-electron chi connectivity index (χ2n) is 7.55. The number of ether oxygens (including phenoxy) is 1. The molecule has 0 aliphatic carbocycles. The Labute approximate surface area is 182 Å². The number of pyridine rings is 1. The smallest absolute Gasteiger partial charge is 0.256 e. The lowest BCUT2D eigenvalue weighted by molar-refractivity contribution is 0.0934. The first-order chi connectivity index (χ1) is 15.1. The third-order valence-corrected chi connectivity index (χ3v) is 5.57. The summed E-state index contributed by atoms with van der Waals surface area (Å²) in [5.41, 5.74) is 4.94. The number of hydrogen-bond donors (Lipinski definition) is 1. The first-order valence-electron chi connectivity index (χ1n) is 10.5. The normalized spacial score (nSPS) is 11.8. The molecule has 0 bridgehead atoms. The zero-order valence-electron chi connectivity index (χ0n) is 18.1. The van der Waals surface area contributed by atoms with E-state index in [1.165, 1.54) is 0 Å². The van der Waals surface area contributed by atoms with E-state index in [0.717, 1.165) is 34.0 Å². The summed E-state index contributed by atoms with van der Waals surface area (Å²) < 4.78 is 5.81. The summed E-state index contributed by atoms with van der Waals surface area (Å²) in [6.45, 7) is 4.07. The summed E-state index contributed by atoms with van der Waals surface area (Å²) in [5, 5.41) is 4.04. The van der Waals surface area contributed by atoms with E-state index in [1.54, 1.807) is 7.11 Å². The van der Waals surface area contributed by atoms with Crippen LogP contribution in [-0.4, -0.2) is 18.0 Å². The van der Waals surface area contributed by atoms with E-state index in [-0.39, 0.29) is 11.9 Å². The Morgan fingerprint density at radius 2 is 1.65 bits per heavy atom. The number of amides is 1. The third-order valence-electron chi connectivity index (χ3n) is 5.57. The molecule has 31 heavy (non-hydrogen) atoms. The van der Waals surface area contributed by atoms with E-state index in [1.807, 2.05) is 85.8 Å². The molecular formula is C27H26N2O2. The van der Waals surface area contributed by atoms with Crippen molar-refractivity contribution in [3.8, 4) is 17.0 Å². The molecule has 0 radical (unpaired) electrons. The fraction of sp³-hybridized carbons (Fsp3) is 0.185. The van der Waals surface area contributed by atoms with Crippen LogP contribution in [0.3, 0.4) is 0 Å². The van der Waals surface area contributed by atoms with Crippen LogP contribution in [0.5, 0.6) is 5.75 Å². The summed E-state index contributed by atoms with van der Waals surface area (Å²) in [6.07, 6.45) is 0.783. The van der Waals surface area contributed by atoms with Gasteiger partial charge < -0.3 is 10.1 Å². The van der Waals surface area contributed by atoms with Gasteiger partial charge in [0.15, 0.2) is 5.75 Å². The number of carbonyl (C=O) groups is 1. The van der Waals surface area contributed by atoms with Crippen LogP contribution >= 0.6 is 0 Å². The molecule has 0 saturated carbocycles. The number of rotatable bonds is 6. The highest BCUT2D eigenvalue weighted by Crippen LogP contribution is 2.37. The number of aryl methyl sites for hydroxylation is 1. The van der Waals surface area contributed by atoms with Crippen molar-refractivity contribution in [1.29, 1.82) is 0 Å². The summed E-state index contributed by atoms with van der Waals surface area (Å²) in [4.78, 5) is 18.6. The predicted molar refractivity (Wildman–Crippen MR) is 125 cm³/mol. The van der Waals surface area contributed by atoms with E-state index >= 15 is 0 Å². The minimum Gasteiger partial charge on any atom is -0.494 e. The largest absolute Gasteiger partial charge is 0.494 e. The maximum absolute atomic E-state index is 13.7. The summed E-state index contributed by atoms with van der Waals surface area (Å²) in [6, 6.07) is 25.7. The molecule has 0 aliphatic rings. The van der Waals surface area contributed by atoms with Gasteiger partial charge in [-0.15, -0.1) is 0 Å². The van der Waals surface area contributed by atoms with Crippen molar-refractivity contribution in [2.24, 2.45) is 0 Å². The fourth-order valence-electron chi connectivity index (χ4n) is 4.02. The van der Waals surface area contributed by atoms with Crippen LogP contribution in [0.25, 0.3) is 22.2 Å². The highest BCUT2D eigenvalue weighted by atomic mass is 16.5. The topological polar surface area (TPSA) is 51.2 Å². The predicted octanol–water partition coefficient (Wildman–Crippen LogP) is 6.10. The zero-order valence-corrected chi connectivity index (χ0v) is 18.1. The van der Waals surface area contributed by atoms with Crippen LogP contribution in [0.1, 0.15) is 40.9 Å². The lowest BCUT2D eigenvalue weighted by Crippen LogP contribution is -2.29. The Morgan fingerprint density at radius 3 is 2.29 bits per heavy atom. The third kappa shape index (κ3) is 4.02. The van der Waals surface area contributed by atoms with Crippen LogP contribution in [0, 0.1) is 6.92 Å². The molecule has 1 heterocycles. The molecule has 4 rings (SSSR count). The van der Waals surface area contributed by atoms with Crippen LogP contribution in [-0.2, 0) is 0 Å². The lowest BCUT2D eigenvalue weighted by atomic mass is 9.97. The molecule has 0 spiro atoms. The number of hydrogen-bond acceptors (Lipinski definition) is 3. The monoisotopic (exact) mass is 410 g/mol. The molecule has 4 nitrogen and oxygen atoms in total. The van der Waals surface area contributed by atoms with E-state index < -0.39 is 0 Å². The molecule has 1 atom stereocenters. The van der Waals surface area contributed by atoms with Gasteiger partial charge in [0, 0.05) is 10.9 Å². The fourth-order valence-corrected chi connectivity index (χ4v) is 4.02. The number of methoxy groups -OCH3 is 1. The van der Waals surface area contributed by atoms with Gasteiger partial charge in [-0.2, -0.15) is 0 Å². The average molecular weight is 411 g/mol. The Morgan fingerprint density at radius 1 is 0.968 bits per heavy atom. The first-order valence-corrected chi connectivity index (χ1v) is 10.5. The Bertz CT molecular complexity index is 1200. The minimum atomic E-state index is -0.161. The summed E-state index contributed by atoms with van der Waals surface area (Å²) >= 11 is 0. The van der Waals surface area contributed by atoms with Crippen LogP contribution < -0.4 is 10.1 Å². The summed E-state index contributed by atoms with van der Waals surface area (Å²) in [5.74, 6) is 0.333. The highest BCUT2D eigenvalue weighted by molar-refractivity contribution is 6.11. The molecule has 0 fully saturated rings. The van der Waals surface area contributed by atoms with Crippen molar-refractivity contribution in [2.45, 2.75) is 26.3 Å². The van der Waals surface area contributed by atoms with Gasteiger partial charge in [-0.25, -0.2) is 4.98 Å². The second kappa shape index (κ2) is 9.00. The molecule has 4 heteroatoms. The summed E-state index contributed by atoms with van der Waals surface area (Å²) in [7, 11) is 1.60. The molecule has 0 aliphatic heterocycles. The molecule has 3 aromatic carbocycles. The molecule has 0 saturated heterocycles. The molecule has 156 valence electrons. The van der Waals surface area contributed by atoms with Crippen LogP contribution in [0.15, 0.2) is 78.9 Å². The number of aromatic nitrogens is 1. The van der Waals surface area contributed by atoms with Gasteiger partial charge in [0.25, 0.3) is 5.91 Å². The second-order valence-corrected chi connectivity index (χ2v) is 7.55. The van der Waals surface area contributed by atoms with Crippen molar-refractivity contribution in [3.63, 3.8) is 0 Å². The Kier molecular flexibility index (Phi) is 5.99. The van der Waals surface area contributed by atoms with E-state index in [0.29, 0.717) is 17.0 Å². The first kappa shape index (κ1) is 20.6. The number of nitrogens with one attached hydrogen (secondary N) is 1. The van der Waals surface area contributed by atoms with Crippen molar-refractivity contribution < 1.29 is 9.53 Å².